The predicted molar refractivity (Wildman–Crippen MR) is 78.1 cm³/mol. The third-order valence-corrected chi connectivity index (χ3v) is 6.47. The summed E-state index contributed by atoms with van der Waals surface area (Å²) in [4.78, 5) is 0. The molecule has 5 rings (SSSR count). The van der Waals surface area contributed by atoms with E-state index in [1.165, 1.54) is 44.9 Å². The Morgan fingerprint density at radius 2 is 1.75 bits per heavy atom. The van der Waals surface area contributed by atoms with E-state index < -0.39 is 0 Å². The van der Waals surface area contributed by atoms with Crippen molar-refractivity contribution in [1.29, 1.82) is 0 Å². The minimum absolute atomic E-state index is 0.336. The van der Waals surface area contributed by atoms with Gasteiger partial charge in [0.2, 0.25) is 5.89 Å². The Balaban J connectivity index is 1.35. The van der Waals surface area contributed by atoms with E-state index in [0.29, 0.717) is 23.1 Å². The van der Waals surface area contributed by atoms with Crippen LogP contribution in [0.25, 0.3) is 0 Å². The molecule has 5 heteroatoms. The van der Waals surface area contributed by atoms with Crippen LogP contribution in [0.4, 0.5) is 0 Å². The van der Waals surface area contributed by atoms with Gasteiger partial charge in [-0.2, -0.15) is 0 Å². The molecule has 20 heavy (non-hydrogen) atoms. The molecule has 4 aliphatic carbocycles. The first-order valence-electron chi connectivity index (χ1n) is 7.90. The zero-order valence-electron chi connectivity index (χ0n) is 11.9. The summed E-state index contributed by atoms with van der Waals surface area (Å²) in [6.07, 6.45) is 10.3. The fraction of sp³-hybridized carbons (Fsp3) is 0.867. The zero-order chi connectivity index (χ0) is 13.6. The van der Waals surface area contributed by atoms with E-state index in [9.17, 15) is 0 Å². The first-order valence-corrected chi connectivity index (χ1v) is 8.88. The highest BCUT2D eigenvalue weighted by molar-refractivity contribution is 7.99. The van der Waals surface area contributed by atoms with Crippen LogP contribution >= 0.6 is 11.8 Å². The van der Waals surface area contributed by atoms with Gasteiger partial charge in [0, 0.05) is 5.75 Å². The molecule has 2 N–H and O–H groups in total. The third kappa shape index (κ3) is 2.39. The summed E-state index contributed by atoms with van der Waals surface area (Å²) in [6.45, 7) is 0.336. The summed E-state index contributed by atoms with van der Waals surface area (Å²) in [5.41, 5.74) is 6.14. The standard InChI is InChI=1S/C15H23N3OS/c16-9-13-17-18-14(19-13)20-2-1-15-6-10-3-11(7-15)5-12(4-10)8-15/h10-12H,1-9,16H2. The Kier molecular flexibility index (Phi) is 3.30. The van der Waals surface area contributed by atoms with Crippen LogP contribution in [0.15, 0.2) is 9.64 Å². The van der Waals surface area contributed by atoms with Crippen LogP contribution in [0.2, 0.25) is 0 Å². The minimum Gasteiger partial charge on any atom is -0.415 e. The Morgan fingerprint density at radius 1 is 1.10 bits per heavy atom. The molecule has 0 radical (unpaired) electrons. The fourth-order valence-corrected chi connectivity index (χ4v) is 6.29. The van der Waals surface area contributed by atoms with Gasteiger partial charge in [-0.25, -0.2) is 0 Å². The Hall–Kier alpha value is -0.550. The lowest BCUT2D eigenvalue weighted by Crippen LogP contribution is -2.46. The van der Waals surface area contributed by atoms with Crippen molar-refractivity contribution in [2.75, 3.05) is 5.75 Å². The summed E-state index contributed by atoms with van der Waals surface area (Å²) in [5, 5.41) is 8.64. The average Bonchev–Trinajstić information content (AvgIpc) is 2.85. The van der Waals surface area contributed by atoms with Gasteiger partial charge in [-0.3, -0.25) is 0 Å². The molecule has 0 spiro atoms. The van der Waals surface area contributed by atoms with Crippen molar-refractivity contribution in [2.24, 2.45) is 28.9 Å². The van der Waals surface area contributed by atoms with E-state index in [-0.39, 0.29) is 0 Å². The number of nitrogens with zero attached hydrogens (tertiary/aromatic N) is 2. The molecular weight excluding hydrogens is 270 g/mol. The Morgan fingerprint density at radius 3 is 2.30 bits per heavy atom. The predicted octanol–water partition coefficient (Wildman–Crippen LogP) is 3.23. The first-order chi connectivity index (χ1) is 9.75. The van der Waals surface area contributed by atoms with Crippen LogP contribution in [-0.2, 0) is 6.54 Å². The number of thioether (sulfide) groups is 1. The SMILES string of the molecule is NCc1nnc(SCCC23CC4CC(CC(C4)C2)C3)o1. The van der Waals surface area contributed by atoms with E-state index in [1.54, 1.807) is 11.8 Å². The van der Waals surface area contributed by atoms with Crippen molar-refractivity contribution in [3.63, 3.8) is 0 Å². The second-order valence-corrected chi connectivity index (χ2v) is 8.23. The van der Waals surface area contributed by atoms with Gasteiger partial charge in [0.1, 0.15) is 0 Å². The normalized spacial score (nSPS) is 38.5. The molecule has 0 aliphatic heterocycles. The van der Waals surface area contributed by atoms with Crippen LogP contribution in [0.1, 0.15) is 50.8 Å². The van der Waals surface area contributed by atoms with E-state index >= 15 is 0 Å². The van der Waals surface area contributed by atoms with E-state index in [0.717, 1.165) is 23.5 Å². The van der Waals surface area contributed by atoms with E-state index in [2.05, 4.69) is 10.2 Å². The van der Waals surface area contributed by atoms with Gasteiger partial charge >= 0.3 is 0 Å². The number of nitrogens with two attached hydrogens (primary N) is 1. The van der Waals surface area contributed by atoms with Gasteiger partial charge in [0.15, 0.2) is 0 Å². The van der Waals surface area contributed by atoms with Crippen molar-refractivity contribution in [1.82, 2.24) is 10.2 Å². The van der Waals surface area contributed by atoms with Gasteiger partial charge in [-0.15, -0.1) is 10.2 Å². The highest BCUT2D eigenvalue weighted by Gasteiger charge is 2.50. The van der Waals surface area contributed by atoms with Crippen molar-refractivity contribution in [2.45, 2.75) is 56.7 Å². The van der Waals surface area contributed by atoms with Gasteiger partial charge in [-0.05, 0) is 68.1 Å². The molecule has 4 nitrogen and oxygen atoms in total. The molecule has 0 aromatic carbocycles. The lowest BCUT2D eigenvalue weighted by Gasteiger charge is -2.57. The monoisotopic (exact) mass is 293 g/mol. The zero-order valence-corrected chi connectivity index (χ0v) is 12.7. The summed E-state index contributed by atoms with van der Waals surface area (Å²) in [7, 11) is 0. The van der Waals surface area contributed by atoms with E-state index in [4.69, 9.17) is 10.2 Å². The van der Waals surface area contributed by atoms with Crippen molar-refractivity contribution >= 4 is 11.8 Å². The molecule has 4 aliphatic rings. The number of hydrogen-bond donors (Lipinski definition) is 1. The summed E-state index contributed by atoms with van der Waals surface area (Å²) in [6, 6.07) is 0. The van der Waals surface area contributed by atoms with Crippen molar-refractivity contribution in [3.8, 4) is 0 Å². The van der Waals surface area contributed by atoms with E-state index in [1.807, 2.05) is 0 Å². The lowest BCUT2D eigenvalue weighted by atomic mass is 9.49. The second kappa shape index (κ2) is 5.02. The fourth-order valence-electron chi connectivity index (χ4n) is 5.33. The van der Waals surface area contributed by atoms with Gasteiger partial charge in [0.05, 0.1) is 6.54 Å². The van der Waals surface area contributed by atoms with Crippen LogP contribution < -0.4 is 5.73 Å². The Labute approximate surface area is 124 Å². The average molecular weight is 293 g/mol. The summed E-state index contributed by atoms with van der Waals surface area (Å²) in [5.74, 6) is 4.77. The molecule has 4 saturated carbocycles. The summed E-state index contributed by atoms with van der Waals surface area (Å²) < 4.78 is 5.47. The first kappa shape index (κ1) is 13.1. The third-order valence-electron chi connectivity index (χ3n) is 5.65. The Bertz CT molecular complexity index is 452. The smallest absolute Gasteiger partial charge is 0.276 e. The number of hydrogen-bond acceptors (Lipinski definition) is 5. The molecule has 0 atom stereocenters. The van der Waals surface area contributed by atoms with Crippen LogP contribution in [0, 0.1) is 23.2 Å². The number of aromatic nitrogens is 2. The molecule has 0 amide bonds. The highest BCUT2D eigenvalue weighted by Crippen LogP contribution is 2.61. The highest BCUT2D eigenvalue weighted by atomic mass is 32.2. The van der Waals surface area contributed by atoms with Crippen LogP contribution in [0.5, 0.6) is 0 Å². The molecular formula is C15H23N3OS. The number of rotatable bonds is 5. The van der Waals surface area contributed by atoms with Crippen LogP contribution in [0.3, 0.4) is 0 Å². The summed E-state index contributed by atoms with van der Waals surface area (Å²) >= 11 is 1.71. The minimum atomic E-state index is 0.336. The molecule has 1 aromatic rings. The molecule has 110 valence electrons. The molecule has 4 bridgehead atoms. The lowest BCUT2D eigenvalue weighted by molar-refractivity contribution is -0.0538. The molecule has 0 saturated heterocycles. The van der Waals surface area contributed by atoms with Gasteiger partial charge in [0.25, 0.3) is 5.22 Å². The largest absolute Gasteiger partial charge is 0.415 e. The van der Waals surface area contributed by atoms with Crippen molar-refractivity contribution < 1.29 is 4.42 Å². The molecule has 0 unspecified atom stereocenters. The molecule has 4 fully saturated rings. The quantitative estimate of drug-likeness (QED) is 0.844. The van der Waals surface area contributed by atoms with Gasteiger partial charge in [-0.1, -0.05) is 11.8 Å². The van der Waals surface area contributed by atoms with Crippen LogP contribution in [-0.4, -0.2) is 16.0 Å². The maximum Gasteiger partial charge on any atom is 0.276 e. The second-order valence-electron chi connectivity index (χ2n) is 7.18. The topological polar surface area (TPSA) is 64.9 Å². The van der Waals surface area contributed by atoms with Crippen molar-refractivity contribution in [3.05, 3.63) is 5.89 Å². The van der Waals surface area contributed by atoms with Gasteiger partial charge < -0.3 is 10.2 Å². The molecule has 1 heterocycles. The maximum atomic E-state index is 5.49. The maximum absolute atomic E-state index is 5.49. The molecule has 1 aromatic heterocycles.